The first-order chi connectivity index (χ1) is 37.6. The second kappa shape index (κ2) is 52.6. The molecular formula is C65H108O12. The first kappa shape index (κ1) is 70.9. The van der Waals surface area contributed by atoms with Crippen LogP contribution in [0, 0.1) is 0 Å². The average molecular weight is 1080 g/mol. The molecule has 0 aromatic carbocycles. The highest BCUT2D eigenvalue weighted by atomic mass is 16.7. The number of hydrogen-bond acceptors (Lipinski definition) is 11. The van der Waals surface area contributed by atoms with Gasteiger partial charge >= 0.3 is 23.9 Å². The van der Waals surface area contributed by atoms with Crippen LogP contribution in [0.2, 0.25) is 0 Å². The molecule has 0 spiro atoms. The Labute approximate surface area is 467 Å². The fourth-order valence-corrected chi connectivity index (χ4v) is 8.84. The predicted molar refractivity (Wildman–Crippen MR) is 312 cm³/mol. The number of esters is 3. The Hall–Kier alpha value is -4.10. The summed E-state index contributed by atoms with van der Waals surface area (Å²) in [7, 11) is 0. The van der Waals surface area contributed by atoms with Gasteiger partial charge in [-0.05, 0) is 89.9 Å². The molecule has 0 aliphatic carbocycles. The minimum absolute atomic E-state index is 0.0562. The lowest BCUT2D eigenvalue weighted by molar-refractivity contribution is -0.301. The van der Waals surface area contributed by atoms with E-state index in [1.807, 2.05) is 0 Å². The van der Waals surface area contributed by atoms with Crippen LogP contribution in [0.3, 0.4) is 0 Å². The van der Waals surface area contributed by atoms with E-state index in [2.05, 4.69) is 106 Å². The molecule has 0 aromatic heterocycles. The standard InChI is InChI=1S/C65H108O12/c1-4-7-10-13-16-19-22-25-28-29-32-33-36-39-42-45-48-51-57(66)73-54-56(75-58(67)52-49-46-43-40-37-34-30-26-23-20-17-14-11-8-5-2)55-74-65-63(61(70)60(69)62(77-65)64(71)72)76-59(68)53-50-47-44-41-38-35-31-27-24-21-18-15-12-9-6-3/h7-8,10-11,16-17,19-20,25-26,28,30,32-33,56,60-63,65,69-70H,4-6,9,12-15,18,21-24,27,29,31,34-55H2,1-3H3,(H,71,72)/b10-7-,11-8-,19-16-,20-17-,28-25-,30-26-,33-32-. The van der Waals surface area contributed by atoms with Crippen molar-refractivity contribution in [2.45, 2.75) is 289 Å². The molecule has 1 heterocycles. The Kier molecular flexibility index (Phi) is 48.4. The molecule has 1 fully saturated rings. The normalized spacial score (nSPS) is 18.6. The largest absolute Gasteiger partial charge is 0.479 e. The van der Waals surface area contributed by atoms with E-state index in [4.69, 9.17) is 23.7 Å². The molecule has 3 N–H and O–H groups in total. The summed E-state index contributed by atoms with van der Waals surface area (Å²) in [5.74, 6) is -3.17. The van der Waals surface area contributed by atoms with E-state index in [1.165, 1.54) is 64.2 Å². The first-order valence-corrected chi connectivity index (χ1v) is 30.6. The number of ether oxygens (including phenoxy) is 5. The molecule has 1 aliphatic rings. The van der Waals surface area contributed by atoms with Crippen molar-refractivity contribution in [3.05, 3.63) is 85.1 Å². The van der Waals surface area contributed by atoms with Gasteiger partial charge in [0.15, 0.2) is 24.6 Å². The Balaban J connectivity index is 2.71. The maximum Gasteiger partial charge on any atom is 0.335 e. The van der Waals surface area contributed by atoms with Crippen LogP contribution in [0.4, 0.5) is 0 Å². The molecule has 1 saturated heterocycles. The van der Waals surface area contributed by atoms with Gasteiger partial charge in [-0.3, -0.25) is 14.4 Å². The number of carboxylic acid groups (broad SMARTS) is 1. The molecule has 1 aliphatic heterocycles. The average Bonchev–Trinajstić information content (AvgIpc) is 3.42. The molecule has 77 heavy (non-hydrogen) atoms. The van der Waals surface area contributed by atoms with Gasteiger partial charge in [0, 0.05) is 19.3 Å². The number of aliphatic hydroxyl groups excluding tert-OH is 2. The summed E-state index contributed by atoms with van der Waals surface area (Å²) in [6, 6.07) is 0. The highest BCUT2D eigenvalue weighted by Gasteiger charge is 2.50. The third-order valence-electron chi connectivity index (χ3n) is 13.5. The SMILES string of the molecule is CC/C=C\C/C=C\C/C=C\C/C=C\CCCCCCC(=O)OCC(COC1OC(C(=O)O)C(O)C(O)C1OC(=O)CCCCCCCCCCCCCCCCC)OC(=O)CCCCCCC/C=C\C/C=C\C/C=C\CC. The Bertz CT molecular complexity index is 1660. The highest BCUT2D eigenvalue weighted by Crippen LogP contribution is 2.26. The summed E-state index contributed by atoms with van der Waals surface area (Å²) in [5.41, 5.74) is 0. The zero-order chi connectivity index (χ0) is 56.1. The number of rotatable bonds is 51. The Morgan fingerprint density at radius 3 is 1.25 bits per heavy atom. The molecule has 6 unspecified atom stereocenters. The summed E-state index contributed by atoms with van der Waals surface area (Å²) >= 11 is 0. The van der Waals surface area contributed by atoms with Crippen molar-refractivity contribution in [1.82, 2.24) is 0 Å². The molecule has 12 heteroatoms. The molecule has 0 bridgehead atoms. The second-order valence-corrected chi connectivity index (χ2v) is 20.6. The Morgan fingerprint density at radius 1 is 0.442 bits per heavy atom. The monoisotopic (exact) mass is 1080 g/mol. The Morgan fingerprint density at radius 2 is 0.818 bits per heavy atom. The minimum Gasteiger partial charge on any atom is -0.479 e. The van der Waals surface area contributed by atoms with Crippen molar-refractivity contribution in [1.29, 1.82) is 0 Å². The molecule has 0 saturated carbocycles. The van der Waals surface area contributed by atoms with Crippen LogP contribution in [-0.2, 0) is 42.9 Å². The summed E-state index contributed by atoms with van der Waals surface area (Å²) in [6.07, 6.45) is 55.4. The molecule has 6 atom stereocenters. The van der Waals surface area contributed by atoms with Gasteiger partial charge in [0.2, 0.25) is 0 Å². The second-order valence-electron chi connectivity index (χ2n) is 20.6. The van der Waals surface area contributed by atoms with Crippen LogP contribution >= 0.6 is 0 Å². The lowest BCUT2D eigenvalue weighted by Crippen LogP contribution is -2.61. The molecule has 0 amide bonds. The van der Waals surface area contributed by atoms with E-state index >= 15 is 0 Å². The van der Waals surface area contributed by atoms with Gasteiger partial charge in [-0.15, -0.1) is 0 Å². The summed E-state index contributed by atoms with van der Waals surface area (Å²) in [6.45, 7) is 5.74. The van der Waals surface area contributed by atoms with E-state index in [-0.39, 0.29) is 25.9 Å². The fraction of sp³-hybridized carbons (Fsp3) is 0.723. The smallest absolute Gasteiger partial charge is 0.335 e. The highest BCUT2D eigenvalue weighted by molar-refractivity contribution is 5.74. The maximum absolute atomic E-state index is 13.2. The number of aliphatic carboxylic acids is 1. The van der Waals surface area contributed by atoms with Gasteiger partial charge in [0.25, 0.3) is 0 Å². The number of unbranched alkanes of at least 4 members (excludes halogenated alkanes) is 23. The van der Waals surface area contributed by atoms with E-state index in [0.29, 0.717) is 19.3 Å². The third kappa shape index (κ3) is 42.5. The van der Waals surface area contributed by atoms with Gasteiger partial charge in [0.1, 0.15) is 18.8 Å². The van der Waals surface area contributed by atoms with Crippen LogP contribution in [0.1, 0.15) is 252 Å². The van der Waals surface area contributed by atoms with Gasteiger partial charge in [0.05, 0.1) is 6.61 Å². The van der Waals surface area contributed by atoms with E-state index in [9.17, 15) is 34.5 Å². The fourth-order valence-electron chi connectivity index (χ4n) is 8.84. The minimum atomic E-state index is -1.91. The third-order valence-corrected chi connectivity index (χ3v) is 13.5. The van der Waals surface area contributed by atoms with E-state index < -0.39 is 67.3 Å². The van der Waals surface area contributed by atoms with Crippen molar-refractivity contribution in [3.63, 3.8) is 0 Å². The lowest BCUT2D eigenvalue weighted by atomic mass is 9.98. The van der Waals surface area contributed by atoms with Crippen LogP contribution in [0.5, 0.6) is 0 Å². The molecule has 440 valence electrons. The van der Waals surface area contributed by atoms with Crippen LogP contribution in [0.25, 0.3) is 0 Å². The number of aliphatic hydroxyl groups is 2. The summed E-state index contributed by atoms with van der Waals surface area (Å²) < 4.78 is 28.4. The van der Waals surface area contributed by atoms with Crippen LogP contribution < -0.4 is 0 Å². The number of hydrogen-bond donors (Lipinski definition) is 3. The van der Waals surface area contributed by atoms with Gasteiger partial charge in [-0.1, -0.05) is 228 Å². The maximum atomic E-state index is 13.2. The summed E-state index contributed by atoms with van der Waals surface area (Å²) in [4.78, 5) is 51.2. The number of carbonyl (C=O) groups excluding carboxylic acids is 3. The number of carboxylic acids is 1. The van der Waals surface area contributed by atoms with Crippen LogP contribution in [-0.4, -0.2) is 89.2 Å². The van der Waals surface area contributed by atoms with Crippen molar-refractivity contribution in [3.8, 4) is 0 Å². The van der Waals surface area contributed by atoms with Crippen LogP contribution in [0.15, 0.2) is 85.1 Å². The lowest BCUT2D eigenvalue weighted by Gasteiger charge is -2.40. The summed E-state index contributed by atoms with van der Waals surface area (Å²) in [5, 5.41) is 31.5. The van der Waals surface area contributed by atoms with Crippen molar-refractivity contribution < 1.29 is 58.2 Å². The van der Waals surface area contributed by atoms with Crippen molar-refractivity contribution >= 4 is 23.9 Å². The molecular weight excluding hydrogens is 973 g/mol. The van der Waals surface area contributed by atoms with Crippen molar-refractivity contribution in [2.75, 3.05) is 13.2 Å². The van der Waals surface area contributed by atoms with E-state index in [1.54, 1.807) is 0 Å². The molecule has 1 rings (SSSR count). The molecule has 12 nitrogen and oxygen atoms in total. The zero-order valence-corrected chi connectivity index (χ0v) is 48.4. The van der Waals surface area contributed by atoms with Gasteiger partial charge in [-0.25, -0.2) is 4.79 Å². The van der Waals surface area contributed by atoms with Gasteiger partial charge in [-0.2, -0.15) is 0 Å². The topological polar surface area (TPSA) is 175 Å². The number of allylic oxidation sites excluding steroid dienone is 14. The zero-order valence-electron chi connectivity index (χ0n) is 48.4. The van der Waals surface area contributed by atoms with Gasteiger partial charge < -0.3 is 39.0 Å². The molecule has 0 radical (unpaired) electrons. The van der Waals surface area contributed by atoms with E-state index in [0.717, 1.165) is 128 Å². The first-order valence-electron chi connectivity index (χ1n) is 30.6. The quantitative estimate of drug-likeness (QED) is 0.0228. The van der Waals surface area contributed by atoms with Crippen molar-refractivity contribution in [2.24, 2.45) is 0 Å². The predicted octanol–water partition coefficient (Wildman–Crippen LogP) is 15.9. The number of carbonyl (C=O) groups is 4. The molecule has 0 aromatic rings.